The second-order valence-corrected chi connectivity index (χ2v) is 7.55. The molecule has 21 heavy (non-hydrogen) atoms. The lowest BCUT2D eigenvalue weighted by molar-refractivity contribution is 0.522. The zero-order valence-corrected chi connectivity index (χ0v) is 12.4. The van der Waals surface area contributed by atoms with Gasteiger partial charge in [0.2, 0.25) is 0 Å². The highest BCUT2D eigenvalue weighted by Crippen LogP contribution is 2.40. The zero-order valence-electron chi connectivity index (χ0n) is 10.8. The van der Waals surface area contributed by atoms with Crippen LogP contribution in [0.1, 0.15) is 24.5 Å². The molecular weight excluding hydrogens is 310 g/mol. The van der Waals surface area contributed by atoms with Crippen LogP contribution in [0, 0.1) is 0 Å². The minimum Gasteiger partial charge on any atom is -0.428 e. The van der Waals surface area contributed by atoms with Crippen LogP contribution in [-0.4, -0.2) is 18.4 Å². The first-order valence-corrected chi connectivity index (χ1v) is 8.80. The molecule has 4 rings (SSSR count). The fourth-order valence-electron chi connectivity index (χ4n) is 2.04. The van der Waals surface area contributed by atoms with Gasteiger partial charge in [0.15, 0.2) is 0 Å². The van der Waals surface area contributed by atoms with Crippen LogP contribution in [0.2, 0.25) is 0 Å². The van der Waals surface area contributed by atoms with Crippen LogP contribution in [0.5, 0.6) is 0 Å². The number of hydrogen-bond acceptors (Lipinski definition) is 6. The van der Waals surface area contributed by atoms with Crippen molar-refractivity contribution >= 4 is 37.6 Å². The summed E-state index contributed by atoms with van der Waals surface area (Å²) in [5, 5.41) is 1.87. The summed E-state index contributed by atoms with van der Waals surface area (Å²) in [5.41, 5.74) is 0.783. The number of nitrogens with one attached hydrogen (secondary N) is 1. The topological polar surface area (TPSA) is 85.1 Å². The van der Waals surface area contributed by atoms with Gasteiger partial charge in [-0.05, 0) is 30.4 Å². The van der Waals surface area contributed by atoms with E-state index in [0.717, 1.165) is 28.8 Å². The van der Waals surface area contributed by atoms with E-state index in [1.165, 1.54) is 17.5 Å². The lowest BCUT2D eigenvalue weighted by Crippen LogP contribution is -2.13. The van der Waals surface area contributed by atoms with Crippen molar-refractivity contribution in [2.75, 3.05) is 4.72 Å². The summed E-state index contributed by atoms with van der Waals surface area (Å²) in [6.45, 7) is 0. The Morgan fingerprint density at radius 2 is 2.14 bits per heavy atom. The molecule has 8 heteroatoms. The molecule has 1 N–H and O–H groups in total. The molecule has 1 aliphatic carbocycles. The molecule has 108 valence electrons. The smallest absolute Gasteiger partial charge is 0.309 e. The summed E-state index contributed by atoms with van der Waals surface area (Å²) in [6.07, 6.45) is 5.05. The molecule has 0 atom stereocenters. The number of pyridine rings is 1. The van der Waals surface area contributed by atoms with E-state index < -0.39 is 10.0 Å². The molecule has 0 amide bonds. The third-order valence-electron chi connectivity index (χ3n) is 3.31. The standard InChI is InChI=1S/C13H11N3O3S2/c17-21(18,9-5-12-10(14-6-9)3-4-20-12)16-13-15-7-11(19-13)8-1-2-8/h3-8H,1-2H2,(H,15,16). The molecule has 3 heterocycles. The Balaban J connectivity index is 1.64. The number of oxazole rings is 1. The Morgan fingerprint density at radius 3 is 2.95 bits per heavy atom. The van der Waals surface area contributed by atoms with Crippen LogP contribution in [0.25, 0.3) is 10.2 Å². The fourth-order valence-corrected chi connectivity index (χ4v) is 3.80. The summed E-state index contributed by atoms with van der Waals surface area (Å²) in [6, 6.07) is 3.45. The number of hydrogen-bond donors (Lipinski definition) is 1. The molecule has 0 aromatic carbocycles. The summed E-state index contributed by atoms with van der Waals surface area (Å²) >= 11 is 1.45. The van der Waals surface area contributed by atoms with Crippen molar-refractivity contribution in [1.82, 2.24) is 9.97 Å². The maximum atomic E-state index is 12.3. The van der Waals surface area contributed by atoms with Gasteiger partial charge >= 0.3 is 6.01 Å². The molecule has 0 bridgehead atoms. The monoisotopic (exact) mass is 321 g/mol. The van der Waals surface area contributed by atoms with E-state index in [1.54, 1.807) is 12.3 Å². The maximum absolute atomic E-state index is 12.3. The first kappa shape index (κ1) is 12.8. The summed E-state index contributed by atoms with van der Waals surface area (Å²) in [5.74, 6) is 1.12. The maximum Gasteiger partial charge on any atom is 0.309 e. The van der Waals surface area contributed by atoms with Gasteiger partial charge in [0.05, 0.1) is 16.4 Å². The highest BCUT2D eigenvalue weighted by atomic mass is 32.2. The number of thiophene rings is 1. The predicted molar refractivity (Wildman–Crippen MR) is 78.9 cm³/mol. The minimum atomic E-state index is -3.74. The number of aromatic nitrogens is 2. The van der Waals surface area contributed by atoms with Crippen molar-refractivity contribution < 1.29 is 12.8 Å². The van der Waals surface area contributed by atoms with Crippen LogP contribution < -0.4 is 4.72 Å². The average Bonchev–Trinajstić information content (AvgIpc) is 3.02. The molecule has 0 radical (unpaired) electrons. The van der Waals surface area contributed by atoms with Crippen LogP contribution >= 0.6 is 11.3 Å². The molecule has 1 aliphatic rings. The first-order chi connectivity index (χ1) is 10.1. The first-order valence-electron chi connectivity index (χ1n) is 6.44. The van der Waals surface area contributed by atoms with Crippen LogP contribution in [-0.2, 0) is 10.0 Å². The molecule has 0 aliphatic heterocycles. The highest BCUT2D eigenvalue weighted by molar-refractivity contribution is 7.92. The van der Waals surface area contributed by atoms with E-state index in [2.05, 4.69) is 14.7 Å². The normalized spacial score (nSPS) is 15.4. The average molecular weight is 321 g/mol. The van der Waals surface area contributed by atoms with Gasteiger partial charge in [-0.3, -0.25) is 4.98 Å². The molecule has 3 aromatic rings. The molecule has 6 nitrogen and oxygen atoms in total. The van der Waals surface area contributed by atoms with Gasteiger partial charge in [0.1, 0.15) is 10.7 Å². The minimum absolute atomic E-state index is 0.00294. The Bertz CT molecular complexity index is 910. The van der Waals surface area contributed by atoms with E-state index in [9.17, 15) is 8.42 Å². The number of fused-ring (bicyclic) bond motifs is 1. The Hall–Kier alpha value is -1.93. The Kier molecular flexibility index (Phi) is 2.76. The lowest BCUT2D eigenvalue weighted by atomic mass is 10.3. The van der Waals surface area contributed by atoms with E-state index >= 15 is 0 Å². The Morgan fingerprint density at radius 1 is 1.29 bits per heavy atom. The predicted octanol–water partition coefficient (Wildman–Crippen LogP) is 2.96. The Labute approximate surface area is 124 Å². The van der Waals surface area contributed by atoms with Gasteiger partial charge in [-0.1, -0.05) is 0 Å². The number of rotatable bonds is 4. The number of nitrogens with zero attached hydrogens (tertiary/aromatic N) is 2. The van der Waals surface area contributed by atoms with E-state index in [4.69, 9.17) is 4.42 Å². The molecule has 1 fully saturated rings. The summed E-state index contributed by atoms with van der Waals surface area (Å²) < 4.78 is 33.2. The van der Waals surface area contributed by atoms with Crippen molar-refractivity contribution in [2.45, 2.75) is 23.7 Å². The lowest BCUT2D eigenvalue weighted by Gasteiger charge is -2.04. The second kappa shape index (κ2) is 4.54. The van der Waals surface area contributed by atoms with Crippen LogP contribution in [0.4, 0.5) is 6.01 Å². The van der Waals surface area contributed by atoms with Crippen molar-refractivity contribution in [3.05, 3.63) is 35.7 Å². The summed E-state index contributed by atoms with van der Waals surface area (Å²) in [4.78, 5) is 8.20. The van der Waals surface area contributed by atoms with E-state index in [1.807, 2.05) is 11.4 Å². The molecule has 0 spiro atoms. The third-order valence-corrected chi connectivity index (χ3v) is 5.45. The van der Waals surface area contributed by atoms with Crippen molar-refractivity contribution in [3.8, 4) is 0 Å². The van der Waals surface area contributed by atoms with Gasteiger partial charge < -0.3 is 4.42 Å². The summed E-state index contributed by atoms with van der Waals surface area (Å²) in [7, 11) is -3.74. The third kappa shape index (κ3) is 2.40. The number of sulfonamides is 1. The van der Waals surface area contributed by atoms with Gasteiger partial charge in [0.25, 0.3) is 10.0 Å². The molecular formula is C13H11N3O3S2. The van der Waals surface area contributed by atoms with Crippen molar-refractivity contribution in [1.29, 1.82) is 0 Å². The van der Waals surface area contributed by atoms with Crippen molar-refractivity contribution in [2.24, 2.45) is 0 Å². The quantitative estimate of drug-likeness (QED) is 0.798. The largest absolute Gasteiger partial charge is 0.428 e. The van der Waals surface area contributed by atoms with E-state index in [-0.39, 0.29) is 10.9 Å². The van der Waals surface area contributed by atoms with Crippen molar-refractivity contribution in [3.63, 3.8) is 0 Å². The van der Waals surface area contributed by atoms with E-state index in [0.29, 0.717) is 5.92 Å². The van der Waals surface area contributed by atoms with Gasteiger partial charge in [0, 0.05) is 12.1 Å². The second-order valence-electron chi connectivity index (χ2n) is 4.92. The van der Waals surface area contributed by atoms with Gasteiger partial charge in [-0.2, -0.15) is 0 Å². The fraction of sp³-hybridized carbons (Fsp3) is 0.231. The molecule has 1 saturated carbocycles. The van der Waals surface area contributed by atoms with Crippen LogP contribution in [0.3, 0.4) is 0 Å². The molecule has 3 aromatic heterocycles. The molecule has 0 saturated heterocycles. The highest BCUT2D eigenvalue weighted by Gasteiger charge is 2.28. The molecule has 0 unspecified atom stereocenters. The van der Waals surface area contributed by atoms with Gasteiger partial charge in [-0.25, -0.2) is 18.1 Å². The zero-order chi connectivity index (χ0) is 14.4. The SMILES string of the molecule is O=S(=O)(Nc1ncc(C2CC2)o1)c1cnc2ccsc2c1. The van der Waals surface area contributed by atoms with Gasteiger partial charge in [-0.15, -0.1) is 11.3 Å². The number of anilines is 1. The van der Waals surface area contributed by atoms with Crippen LogP contribution in [0.15, 0.2) is 39.2 Å².